The van der Waals surface area contributed by atoms with Crippen LogP contribution in [-0.4, -0.2) is 50.9 Å². The van der Waals surface area contributed by atoms with E-state index in [0.29, 0.717) is 11.4 Å². The monoisotopic (exact) mass is 671 g/mol. The zero-order chi connectivity index (χ0) is 33.7. The molecule has 2 N–H and O–H groups in total. The lowest BCUT2D eigenvalue weighted by Gasteiger charge is -2.30. The number of amides is 2. The molecule has 0 fully saturated rings. The number of pyridine rings is 1. The molecule has 0 unspecified atom stereocenters. The number of halogens is 2. The molecule has 0 aliphatic heterocycles. The molecule has 244 valence electrons. The number of para-hydroxylation sites is 1. The number of phosphoric acid groups is 1. The van der Waals surface area contributed by atoms with Crippen molar-refractivity contribution in [3.05, 3.63) is 95.0 Å². The van der Waals surface area contributed by atoms with Gasteiger partial charge in [0.25, 0.3) is 11.8 Å². The number of anilines is 1. The van der Waals surface area contributed by atoms with Gasteiger partial charge in [-0.2, -0.15) is 5.10 Å². The van der Waals surface area contributed by atoms with E-state index in [9.17, 15) is 18.5 Å². The van der Waals surface area contributed by atoms with Crippen LogP contribution in [0.3, 0.4) is 0 Å². The molecular weight excluding hydrogens is 636 g/mol. The van der Waals surface area contributed by atoms with E-state index in [2.05, 4.69) is 20.7 Å². The Balaban J connectivity index is 1.53. The molecule has 0 spiro atoms. The molecule has 0 radical (unpaired) electrons. The maximum Gasteiger partial charge on any atom is 0.475 e. The summed E-state index contributed by atoms with van der Waals surface area (Å²) in [7, 11) is -3.97. The number of hydrogen-bond acceptors (Lipinski definition) is 8. The smallest absolute Gasteiger partial charge is 0.348 e. The second-order valence-corrected chi connectivity index (χ2v) is 14.0. The zero-order valence-corrected chi connectivity index (χ0v) is 28.0. The fourth-order valence-electron chi connectivity index (χ4n) is 4.13. The second-order valence-electron chi connectivity index (χ2n) is 12.1. The SMILES string of the molecule is CC(C)(C)OP(=O)(OCCNC(=O)c1cc(NC(=O)c2cc(-c3ccccn3)c(F)cc2Cl)n(-c2ccccc2)n1)OC(C)(C)C. The summed E-state index contributed by atoms with van der Waals surface area (Å²) in [5.41, 5.74) is -0.681. The van der Waals surface area contributed by atoms with E-state index in [-0.39, 0.29) is 40.8 Å². The number of phosphoric ester groups is 1. The Labute approximate surface area is 272 Å². The number of nitrogens with one attached hydrogen (secondary N) is 2. The average Bonchev–Trinajstić information content (AvgIpc) is 3.38. The minimum Gasteiger partial charge on any atom is -0.348 e. The van der Waals surface area contributed by atoms with Crippen LogP contribution in [0.1, 0.15) is 62.4 Å². The van der Waals surface area contributed by atoms with E-state index >= 15 is 0 Å². The van der Waals surface area contributed by atoms with Gasteiger partial charge in [0.2, 0.25) is 0 Å². The van der Waals surface area contributed by atoms with Crippen molar-refractivity contribution in [1.82, 2.24) is 20.1 Å². The Hall–Kier alpha value is -3.93. The number of carbonyl (C=O) groups is 2. The quantitative estimate of drug-likeness (QED) is 0.124. The topological polar surface area (TPSA) is 134 Å². The molecule has 0 bridgehead atoms. The lowest BCUT2D eigenvalue weighted by Crippen LogP contribution is -2.29. The van der Waals surface area contributed by atoms with Crippen molar-refractivity contribution in [3.8, 4) is 16.9 Å². The largest absolute Gasteiger partial charge is 0.475 e. The van der Waals surface area contributed by atoms with Gasteiger partial charge < -0.3 is 10.6 Å². The van der Waals surface area contributed by atoms with Crippen LogP contribution in [0.15, 0.2) is 72.9 Å². The van der Waals surface area contributed by atoms with Gasteiger partial charge >= 0.3 is 7.82 Å². The van der Waals surface area contributed by atoms with Crippen molar-refractivity contribution < 1.29 is 32.1 Å². The Morgan fingerprint density at radius 3 is 2.20 bits per heavy atom. The maximum absolute atomic E-state index is 14.8. The average molecular weight is 672 g/mol. The minimum absolute atomic E-state index is 0.00735. The van der Waals surface area contributed by atoms with Gasteiger partial charge in [-0.25, -0.2) is 13.6 Å². The number of carbonyl (C=O) groups excluding carboxylic acids is 2. The van der Waals surface area contributed by atoms with Crippen LogP contribution in [0.4, 0.5) is 10.2 Å². The van der Waals surface area contributed by atoms with Gasteiger partial charge in [0.15, 0.2) is 5.69 Å². The molecule has 0 aliphatic rings. The van der Waals surface area contributed by atoms with Crippen molar-refractivity contribution in [2.75, 3.05) is 18.5 Å². The lowest BCUT2D eigenvalue weighted by atomic mass is 10.1. The molecule has 4 rings (SSSR count). The molecule has 46 heavy (non-hydrogen) atoms. The van der Waals surface area contributed by atoms with Gasteiger partial charge in [-0.05, 0) is 77.9 Å². The summed E-state index contributed by atoms with van der Waals surface area (Å²) < 4.78 is 46.1. The first-order valence-corrected chi connectivity index (χ1v) is 16.2. The third-order valence-electron chi connectivity index (χ3n) is 5.83. The molecule has 2 heterocycles. The predicted octanol–water partition coefficient (Wildman–Crippen LogP) is 7.46. The predicted molar refractivity (Wildman–Crippen MR) is 174 cm³/mol. The number of aromatic nitrogens is 3. The molecular formula is C32H36ClFN5O6P. The molecule has 0 saturated heterocycles. The van der Waals surface area contributed by atoms with Gasteiger partial charge in [0.05, 0.1) is 39.8 Å². The number of benzene rings is 2. The molecule has 0 saturated carbocycles. The number of rotatable bonds is 11. The van der Waals surface area contributed by atoms with Gasteiger partial charge in [-0.1, -0.05) is 35.9 Å². The Morgan fingerprint density at radius 2 is 1.59 bits per heavy atom. The summed E-state index contributed by atoms with van der Waals surface area (Å²) in [5.74, 6) is -1.73. The summed E-state index contributed by atoms with van der Waals surface area (Å²) in [4.78, 5) is 30.7. The van der Waals surface area contributed by atoms with Crippen LogP contribution in [-0.2, 0) is 18.1 Å². The molecule has 4 aromatic rings. The van der Waals surface area contributed by atoms with E-state index in [4.69, 9.17) is 25.2 Å². The number of nitrogens with zero attached hydrogens (tertiary/aromatic N) is 3. The van der Waals surface area contributed by atoms with Crippen LogP contribution in [0.5, 0.6) is 0 Å². The molecule has 2 aromatic heterocycles. The van der Waals surface area contributed by atoms with Gasteiger partial charge in [0, 0.05) is 24.4 Å². The highest BCUT2D eigenvalue weighted by atomic mass is 35.5. The van der Waals surface area contributed by atoms with E-state index in [1.165, 1.54) is 23.0 Å². The van der Waals surface area contributed by atoms with Crippen LogP contribution in [0, 0.1) is 5.82 Å². The lowest BCUT2D eigenvalue weighted by molar-refractivity contribution is 0.00364. The Bertz CT molecular complexity index is 1720. The van der Waals surface area contributed by atoms with E-state index < -0.39 is 36.7 Å². The summed E-state index contributed by atoms with van der Waals surface area (Å²) >= 11 is 6.28. The second kappa shape index (κ2) is 14.2. The molecule has 0 atom stereocenters. The highest BCUT2D eigenvalue weighted by molar-refractivity contribution is 7.48. The fraction of sp³-hybridized carbons (Fsp3) is 0.312. The molecule has 2 amide bonds. The van der Waals surface area contributed by atoms with Crippen molar-refractivity contribution >= 4 is 37.1 Å². The standard InChI is InChI=1S/C32H36ClFN5O6P/c1-31(2,3)44-46(42,45-32(4,5)6)43-17-16-36-30(41)27-20-28(39(38-27)21-12-8-7-9-13-21)37-29(40)22-18-23(25(34)19-24(22)33)26-14-10-11-15-35-26/h7-15,18-20H,16-17H2,1-6H3,(H,36,41)(H,37,40). The summed E-state index contributed by atoms with van der Waals surface area (Å²) in [6, 6.07) is 17.6. The molecule has 0 aliphatic carbocycles. The fourth-order valence-corrected chi connectivity index (χ4v) is 6.16. The van der Waals surface area contributed by atoms with E-state index in [1.54, 1.807) is 84.0 Å². The van der Waals surface area contributed by atoms with Crippen molar-refractivity contribution in [2.24, 2.45) is 0 Å². The van der Waals surface area contributed by atoms with Crippen molar-refractivity contribution in [1.29, 1.82) is 0 Å². The van der Waals surface area contributed by atoms with Crippen LogP contribution in [0.2, 0.25) is 5.02 Å². The van der Waals surface area contributed by atoms with Crippen LogP contribution >= 0.6 is 19.4 Å². The summed E-state index contributed by atoms with van der Waals surface area (Å²) in [6.07, 6.45) is 1.51. The first-order valence-electron chi connectivity index (χ1n) is 14.4. The zero-order valence-electron chi connectivity index (χ0n) is 26.3. The first-order chi connectivity index (χ1) is 21.5. The first kappa shape index (κ1) is 34.9. The highest BCUT2D eigenvalue weighted by Gasteiger charge is 2.37. The van der Waals surface area contributed by atoms with Gasteiger partial charge in [0.1, 0.15) is 11.6 Å². The third-order valence-corrected chi connectivity index (χ3v) is 8.19. The van der Waals surface area contributed by atoms with Gasteiger partial charge in [-0.3, -0.25) is 28.1 Å². The van der Waals surface area contributed by atoms with Crippen molar-refractivity contribution in [2.45, 2.75) is 52.7 Å². The molecule has 14 heteroatoms. The molecule has 2 aromatic carbocycles. The molecule has 11 nitrogen and oxygen atoms in total. The van der Waals surface area contributed by atoms with E-state index in [0.717, 1.165) is 6.07 Å². The van der Waals surface area contributed by atoms with Crippen LogP contribution in [0.25, 0.3) is 16.9 Å². The summed E-state index contributed by atoms with van der Waals surface area (Å²) in [6.45, 7) is 10.1. The Kier molecular flexibility index (Phi) is 10.8. The summed E-state index contributed by atoms with van der Waals surface area (Å²) in [5, 5.41) is 9.68. The normalized spacial score (nSPS) is 12.2. The maximum atomic E-state index is 14.8. The Morgan fingerprint density at radius 1 is 0.935 bits per heavy atom. The third kappa shape index (κ3) is 9.54. The van der Waals surface area contributed by atoms with Gasteiger partial charge in [-0.15, -0.1) is 0 Å². The van der Waals surface area contributed by atoms with Crippen LogP contribution < -0.4 is 10.6 Å². The number of hydrogen-bond donors (Lipinski definition) is 2. The van der Waals surface area contributed by atoms with Crippen molar-refractivity contribution in [3.63, 3.8) is 0 Å². The highest BCUT2D eigenvalue weighted by Crippen LogP contribution is 2.55. The van der Waals surface area contributed by atoms with E-state index in [1.807, 2.05) is 6.07 Å². The minimum atomic E-state index is -3.97.